The molecule has 31 heavy (non-hydrogen) atoms. The Hall–Kier alpha value is -2.73. The van der Waals surface area contributed by atoms with Gasteiger partial charge in [0.15, 0.2) is 0 Å². The van der Waals surface area contributed by atoms with Crippen LogP contribution in [0.3, 0.4) is 0 Å². The van der Waals surface area contributed by atoms with E-state index in [1.807, 2.05) is 55.4 Å². The van der Waals surface area contributed by atoms with Crippen LogP contribution in [0.15, 0.2) is 36.4 Å². The molecular formula is C25H42N2O4. The summed E-state index contributed by atoms with van der Waals surface area (Å²) >= 11 is 0. The summed E-state index contributed by atoms with van der Waals surface area (Å²) in [6.45, 7) is 16.0. The number of amides is 2. The third-order valence-electron chi connectivity index (χ3n) is 3.63. The maximum atomic E-state index is 9.92. The fourth-order valence-corrected chi connectivity index (χ4v) is 2.55. The molecule has 2 aromatic carbocycles. The Kier molecular flexibility index (Phi) is 17.8. The van der Waals surface area contributed by atoms with Crippen LogP contribution in [0.1, 0.15) is 64.7 Å². The minimum atomic E-state index is -0.463. The molecule has 6 heteroatoms. The summed E-state index contributed by atoms with van der Waals surface area (Å²) in [5, 5.41) is 20.6. The number of aliphatic hydroxyl groups excluding tert-OH is 1. The number of carbonyl (C=O) groups is 1. The van der Waals surface area contributed by atoms with E-state index < -0.39 is 6.03 Å². The number of aryl methyl sites for hydroxylation is 3. The minimum Gasteiger partial charge on any atom is -0.508 e. The van der Waals surface area contributed by atoms with Gasteiger partial charge in [0.05, 0.1) is 0 Å². The van der Waals surface area contributed by atoms with Crippen molar-refractivity contribution in [1.82, 2.24) is 5.32 Å². The number of aliphatic hydroxyl groups is 1. The molecule has 0 atom stereocenters. The molecule has 0 heterocycles. The number of aromatic hydroxyl groups is 1. The van der Waals surface area contributed by atoms with E-state index >= 15 is 0 Å². The van der Waals surface area contributed by atoms with Gasteiger partial charge in [0, 0.05) is 12.6 Å². The number of nitrogens with two attached hydrogens (primary N) is 1. The van der Waals surface area contributed by atoms with Gasteiger partial charge in [-0.05, 0) is 81.5 Å². The van der Waals surface area contributed by atoms with E-state index in [4.69, 9.17) is 15.6 Å². The van der Waals surface area contributed by atoms with Crippen LogP contribution in [-0.4, -0.2) is 28.9 Å². The highest BCUT2D eigenvalue weighted by Gasteiger charge is 2.08. The van der Waals surface area contributed by atoms with Gasteiger partial charge < -0.3 is 26.0 Å². The molecule has 0 saturated carbocycles. The summed E-state index contributed by atoms with van der Waals surface area (Å²) in [7, 11) is 0. The summed E-state index contributed by atoms with van der Waals surface area (Å²) < 4.78 is 5.89. The van der Waals surface area contributed by atoms with E-state index in [9.17, 15) is 9.90 Å². The highest BCUT2D eigenvalue weighted by Crippen LogP contribution is 2.30. The van der Waals surface area contributed by atoms with Crippen LogP contribution in [0.4, 0.5) is 4.79 Å². The number of primary amides is 1. The number of phenolic OH excluding ortho intramolecular Hbond substituents is 1. The largest absolute Gasteiger partial charge is 0.508 e. The van der Waals surface area contributed by atoms with Crippen molar-refractivity contribution in [2.45, 2.75) is 74.3 Å². The molecule has 2 amide bonds. The molecule has 2 rings (SSSR count). The second-order valence-electron chi connectivity index (χ2n) is 6.65. The molecule has 0 saturated heterocycles. The standard InChI is InChI=1S/C17H20O3.C4H10N2O.2C2H6/c1-12-10-14(4-3-9-18)11-13(2)17(12)20-16-7-5-15(19)6-8-16;1-3(2)6-4(5)7;2*1-2/h5-8,10-11,18-19H,3-4,9H2,1-2H3;3H,1-2H3,(H3,5,6,7);2*1-2H3. The number of ether oxygens (including phenoxy) is 1. The zero-order valence-corrected chi connectivity index (χ0v) is 20.5. The quantitative estimate of drug-likeness (QED) is 0.458. The summed E-state index contributed by atoms with van der Waals surface area (Å²) in [6.07, 6.45) is 1.65. The Balaban J connectivity index is 0. The van der Waals surface area contributed by atoms with Gasteiger partial charge in [-0.15, -0.1) is 0 Å². The molecule has 0 aliphatic carbocycles. The predicted molar refractivity (Wildman–Crippen MR) is 130 cm³/mol. The molecule has 0 unspecified atom stereocenters. The number of hydrogen-bond donors (Lipinski definition) is 4. The Morgan fingerprint density at radius 1 is 1.03 bits per heavy atom. The number of nitrogens with one attached hydrogen (secondary N) is 1. The fraction of sp³-hybridized carbons (Fsp3) is 0.480. The van der Waals surface area contributed by atoms with Gasteiger partial charge in [0.1, 0.15) is 17.2 Å². The lowest BCUT2D eigenvalue weighted by atomic mass is 10.0. The van der Waals surface area contributed by atoms with Crippen LogP contribution < -0.4 is 15.8 Å². The molecule has 5 N–H and O–H groups in total. The van der Waals surface area contributed by atoms with E-state index in [2.05, 4.69) is 17.4 Å². The van der Waals surface area contributed by atoms with E-state index in [0.29, 0.717) is 5.75 Å². The molecule has 0 aliphatic rings. The summed E-state index contributed by atoms with van der Waals surface area (Å²) in [4.78, 5) is 9.92. The molecule has 0 aliphatic heterocycles. The summed E-state index contributed by atoms with van der Waals surface area (Å²) in [5.74, 6) is 1.78. The lowest BCUT2D eigenvalue weighted by Crippen LogP contribution is -2.34. The topological polar surface area (TPSA) is 105 Å². The molecule has 0 bridgehead atoms. The van der Waals surface area contributed by atoms with Crippen LogP contribution in [-0.2, 0) is 6.42 Å². The Morgan fingerprint density at radius 3 is 1.87 bits per heavy atom. The molecule has 0 spiro atoms. The lowest BCUT2D eigenvalue weighted by Gasteiger charge is -2.14. The normalized spacial score (nSPS) is 9.23. The van der Waals surface area contributed by atoms with E-state index in [1.54, 1.807) is 24.3 Å². The van der Waals surface area contributed by atoms with Gasteiger partial charge in [-0.1, -0.05) is 39.8 Å². The number of benzene rings is 2. The Labute approximate surface area is 188 Å². The highest BCUT2D eigenvalue weighted by atomic mass is 16.5. The van der Waals surface area contributed by atoms with Crippen molar-refractivity contribution in [1.29, 1.82) is 0 Å². The van der Waals surface area contributed by atoms with Crippen molar-refractivity contribution in [3.05, 3.63) is 53.1 Å². The Bertz CT molecular complexity index is 706. The summed E-state index contributed by atoms with van der Waals surface area (Å²) in [6, 6.07) is 10.6. The highest BCUT2D eigenvalue weighted by molar-refractivity contribution is 5.71. The minimum absolute atomic E-state index is 0.150. The average Bonchev–Trinajstić information content (AvgIpc) is 2.73. The maximum Gasteiger partial charge on any atom is 0.312 e. The lowest BCUT2D eigenvalue weighted by molar-refractivity contribution is 0.246. The first-order valence-electron chi connectivity index (χ1n) is 11.0. The third-order valence-corrected chi connectivity index (χ3v) is 3.63. The fourth-order valence-electron chi connectivity index (χ4n) is 2.55. The number of hydrogen-bond acceptors (Lipinski definition) is 4. The molecule has 0 fully saturated rings. The second-order valence-corrected chi connectivity index (χ2v) is 6.65. The SMILES string of the molecule is CC.CC.CC(C)NC(N)=O.Cc1cc(CCCO)cc(C)c1Oc1ccc(O)cc1. The van der Waals surface area contributed by atoms with Crippen LogP contribution in [0, 0.1) is 13.8 Å². The van der Waals surface area contributed by atoms with Gasteiger partial charge in [0.25, 0.3) is 0 Å². The van der Waals surface area contributed by atoms with Gasteiger partial charge in [-0.2, -0.15) is 0 Å². The van der Waals surface area contributed by atoms with Gasteiger partial charge in [-0.3, -0.25) is 0 Å². The zero-order valence-electron chi connectivity index (χ0n) is 20.5. The number of rotatable bonds is 6. The van der Waals surface area contributed by atoms with Crippen molar-refractivity contribution < 1.29 is 19.7 Å². The van der Waals surface area contributed by atoms with Crippen LogP contribution in [0.2, 0.25) is 0 Å². The predicted octanol–water partition coefficient (Wildman–Crippen LogP) is 5.84. The van der Waals surface area contributed by atoms with Crippen LogP contribution >= 0.6 is 0 Å². The zero-order chi connectivity index (χ0) is 24.4. The molecule has 176 valence electrons. The maximum absolute atomic E-state index is 9.92. The number of carbonyl (C=O) groups excluding carboxylic acids is 1. The van der Waals surface area contributed by atoms with E-state index in [0.717, 1.165) is 29.7 Å². The van der Waals surface area contributed by atoms with Crippen molar-refractivity contribution in [2.75, 3.05) is 6.61 Å². The molecule has 2 aromatic rings. The first-order valence-corrected chi connectivity index (χ1v) is 11.0. The molecule has 6 nitrogen and oxygen atoms in total. The van der Waals surface area contributed by atoms with Crippen molar-refractivity contribution >= 4 is 6.03 Å². The number of phenols is 1. The number of urea groups is 1. The van der Waals surface area contributed by atoms with E-state index in [1.165, 1.54) is 5.56 Å². The van der Waals surface area contributed by atoms with Gasteiger partial charge in [0.2, 0.25) is 0 Å². The Morgan fingerprint density at radius 2 is 1.52 bits per heavy atom. The van der Waals surface area contributed by atoms with Crippen LogP contribution in [0.5, 0.6) is 17.2 Å². The average molecular weight is 435 g/mol. The first-order chi connectivity index (χ1) is 14.7. The van der Waals surface area contributed by atoms with Gasteiger partial charge >= 0.3 is 6.03 Å². The van der Waals surface area contributed by atoms with Crippen molar-refractivity contribution in [3.63, 3.8) is 0 Å². The molecular weight excluding hydrogens is 392 g/mol. The molecule has 0 radical (unpaired) electrons. The summed E-state index contributed by atoms with van der Waals surface area (Å²) in [5.41, 5.74) is 8.11. The molecule has 0 aromatic heterocycles. The van der Waals surface area contributed by atoms with Crippen LogP contribution in [0.25, 0.3) is 0 Å². The monoisotopic (exact) mass is 434 g/mol. The van der Waals surface area contributed by atoms with E-state index in [-0.39, 0.29) is 18.4 Å². The van der Waals surface area contributed by atoms with Crippen molar-refractivity contribution in [3.8, 4) is 17.2 Å². The van der Waals surface area contributed by atoms with Gasteiger partial charge in [-0.25, -0.2) is 4.79 Å². The third kappa shape index (κ3) is 14.0. The smallest absolute Gasteiger partial charge is 0.312 e. The second kappa shape index (κ2) is 18.1. The first kappa shape index (κ1) is 30.5. The van der Waals surface area contributed by atoms with Crippen molar-refractivity contribution in [2.24, 2.45) is 5.73 Å².